The highest BCUT2D eigenvalue weighted by atomic mass is 127. The highest BCUT2D eigenvalue weighted by Crippen LogP contribution is 2.25. The van der Waals surface area contributed by atoms with Gasteiger partial charge in [-0.05, 0) is 59.0 Å². The SMILES string of the molecule is Nc1ccc2[nH]cc(C(=O)Nc3ccc(Cl)cc3I)c2c1. The Balaban J connectivity index is 1.95. The van der Waals surface area contributed by atoms with E-state index in [1.165, 1.54) is 0 Å². The molecule has 4 nitrogen and oxygen atoms in total. The quantitative estimate of drug-likeness (QED) is 0.435. The van der Waals surface area contributed by atoms with Gasteiger partial charge in [0.15, 0.2) is 0 Å². The molecule has 0 saturated carbocycles. The molecule has 0 aliphatic rings. The molecular weight excluding hydrogens is 401 g/mol. The standard InChI is InChI=1S/C15H11ClIN3O/c16-8-1-3-14(12(17)5-8)20-15(21)11-7-19-13-4-2-9(18)6-10(11)13/h1-7,19H,18H2,(H,20,21). The topological polar surface area (TPSA) is 70.9 Å². The van der Waals surface area contributed by atoms with Gasteiger partial charge in [0.2, 0.25) is 0 Å². The molecule has 3 rings (SSSR count). The molecule has 4 N–H and O–H groups in total. The molecule has 1 amide bonds. The van der Waals surface area contributed by atoms with E-state index in [4.69, 9.17) is 17.3 Å². The second-order valence-electron chi connectivity index (χ2n) is 4.59. The second kappa shape index (κ2) is 5.57. The molecule has 0 saturated heterocycles. The number of H-pyrrole nitrogens is 1. The largest absolute Gasteiger partial charge is 0.399 e. The third-order valence-electron chi connectivity index (χ3n) is 3.13. The first kappa shape index (κ1) is 14.2. The van der Waals surface area contributed by atoms with Gasteiger partial charge in [0.05, 0.1) is 11.3 Å². The van der Waals surface area contributed by atoms with Crippen molar-refractivity contribution < 1.29 is 4.79 Å². The number of halogens is 2. The van der Waals surface area contributed by atoms with Crippen molar-refractivity contribution in [3.05, 3.63) is 56.8 Å². The van der Waals surface area contributed by atoms with Crippen molar-refractivity contribution in [2.45, 2.75) is 0 Å². The van der Waals surface area contributed by atoms with Gasteiger partial charge in [0.25, 0.3) is 5.91 Å². The molecule has 0 radical (unpaired) electrons. The average Bonchev–Trinajstić information content (AvgIpc) is 2.85. The summed E-state index contributed by atoms with van der Waals surface area (Å²) in [5, 5.41) is 4.32. The summed E-state index contributed by atoms with van der Waals surface area (Å²) in [6, 6.07) is 10.8. The Morgan fingerprint density at radius 2 is 2.05 bits per heavy atom. The minimum atomic E-state index is -0.188. The van der Waals surface area contributed by atoms with E-state index in [1.807, 2.05) is 6.07 Å². The molecular formula is C15H11ClIN3O. The van der Waals surface area contributed by atoms with E-state index in [1.54, 1.807) is 36.5 Å². The lowest BCUT2D eigenvalue weighted by molar-refractivity contribution is 0.102. The van der Waals surface area contributed by atoms with Gasteiger partial charge in [0, 0.05) is 31.4 Å². The Bertz CT molecular complexity index is 844. The van der Waals surface area contributed by atoms with Crippen molar-refractivity contribution >= 4 is 62.4 Å². The van der Waals surface area contributed by atoms with Crippen molar-refractivity contribution in [1.29, 1.82) is 0 Å². The van der Waals surface area contributed by atoms with Crippen molar-refractivity contribution in [2.24, 2.45) is 0 Å². The molecule has 0 unspecified atom stereocenters. The summed E-state index contributed by atoms with van der Waals surface area (Å²) in [6.07, 6.45) is 1.68. The maximum Gasteiger partial charge on any atom is 0.257 e. The molecule has 0 bridgehead atoms. The van der Waals surface area contributed by atoms with Gasteiger partial charge in [-0.15, -0.1) is 0 Å². The minimum Gasteiger partial charge on any atom is -0.399 e. The van der Waals surface area contributed by atoms with Crippen molar-refractivity contribution in [3.63, 3.8) is 0 Å². The highest BCUT2D eigenvalue weighted by Gasteiger charge is 2.13. The lowest BCUT2D eigenvalue weighted by Crippen LogP contribution is -2.12. The summed E-state index contributed by atoms with van der Waals surface area (Å²) in [5.74, 6) is -0.188. The minimum absolute atomic E-state index is 0.188. The van der Waals surface area contributed by atoms with Crippen molar-refractivity contribution in [1.82, 2.24) is 4.98 Å². The number of aromatic amines is 1. The Morgan fingerprint density at radius 1 is 1.24 bits per heavy atom. The lowest BCUT2D eigenvalue weighted by atomic mass is 10.1. The van der Waals surface area contributed by atoms with Crippen LogP contribution >= 0.6 is 34.2 Å². The predicted octanol–water partition coefficient (Wildman–Crippen LogP) is 4.26. The van der Waals surface area contributed by atoms with E-state index in [-0.39, 0.29) is 5.91 Å². The molecule has 2 aromatic carbocycles. The third-order valence-corrected chi connectivity index (χ3v) is 4.26. The Hall–Kier alpha value is -1.73. The van der Waals surface area contributed by atoms with Gasteiger partial charge in [-0.3, -0.25) is 4.79 Å². The smallest absolute Gasteiger partial charge is 0.257 e. The number of fused-ring (bicyclic) bond motifs is 1. The van der Waals surface area contributed by atoms with Crippen LogP contribution in [0.15, 0.2) is 42.6 Å². The van der Waals surface area contributed by atoms with Gasteiger partial charge < -0.3 is 16.0 Å². The molecule has 3 aromatic rings. The van der Waals surface area contributed by atoms with E-state index in [9.17, 15) is 4.79 Å². The number of hydrogen-bond donors (Lipinski definition) is 3. The first-order valence-electron chi connectivity index (χ1n) is 6.17. The number of anilines is 2. The molecule has 0 atom stereocenters. The van der Waals surface area contributed by atoms with E-state index in [0.29, 0.717) is 16.3 Å². The predicted molar refractivity (Wildman–Crippen MR) is 94.8 cm³/mol. The van der Waals surface area contributed by atoms with Crippen LogP contribution in [0.3, 0.4) is 0 Å². The first-order valence-corrected chi connectivity index (χ1v) is 7.63. The van der Waals surface area contributed by atoms with Gasteiger partial charge in [-0.1, -0.05) is 11.6 Å². The maximum atomic E-state index is 12.4. The third kappa shape index (κ3) is 2.84. The molecule has 1 aromatic heterocycles. The zero-order valence-corrected chi connectivity index (χ0v) is 13.7. The van der Waals surface area contributed by atoms with Crippen LogP contribution in [0, 0.1) is 3.57 Å². The summed E-state index contributed by atoms with van der Waals surface area (Å²) in [4.78, 5) is 15.5. The van der Waals surface area contributed by atoms with E-state index in [2.05, 4.69) is 32.9 Å². The molecule has 0 aliphatic carbocycles. The van der Waals surface area contributed by atoms with Crippen LogP contribution in [0.4, 0.5) is 11.4 Å². The van der Waals surface area contributed by atoms with E-state index >= 15 is 0 Å². The fourth-order valence-corrected chi connectivity index (χ4v) is 3.11. The number of aromatic nitrogens is 1. The van der Waals surface area contributed by atoms with Gasteiger partial charge in [-0.25, -0.2) is 0 Å². The number of nitrogens with two attached hydrogens (primary N) is 1. The maximum absolute atomic E-state index is 12.4. The zero-order chi connectivity index (χ0) is 15.0. The van der Waals surface area contributed by atoms with Crippen LogP contribution in [-0.4, -0.2) is 10.9 Å². The van der Waals surface area contributed by atoms with E-state index in [0.717, 1.165) is 20.2 Å². The van der Waals surface area contributed by atoms with Gasteiger partial charge in [-0.2, -0.15) is 0 Å². The fourth-order valence-electron chi connectivity index (χ4n) is 2.11. The summed E-state index contributed by atoms with van der Waals surface area (Å²) in [5.41, 5.74) is 8.57. The molecule has 1 heterocycles. The zero-order valence-electron chi connectivity index (χ0n) is 10.8. The summed E-state index contributed by atoms with van der Waals surface area (Å²) < 4.78 is 0.882. The Kier molecular flexibility index (Phi) is 3.77. The van der Waals surface area contributed by atoms with Crippen molar-refractivity contribution in [3.8, 4) is 0 Å². The monoisotopic (exact) mass is 411 g/mol. The molecule has 0 aliphatic heterocycles. The van der Waals surface area contributed by atoms with Crippen LogP contribution in [0.5, 0.6) is 0 Å². The number of benzene rings is 2. The second-order valence-corrected chi connectivity index (χ2v) is 6.18. The summed E-state index contributed by atoms with van der Waals surface area (Å²) in [6.45, 7) is 0. The summed E-state index contributed by atoms with van der Waals surface area (Å²) >= 11 is 8.05. The average molecular weight is 412 g/mol. The number of nitrogens with one attached hydrogen (secondary N) is 2. The van der Waals surface area contributed by atoms with Crippen LogP contribution in [0.2, 0.25) is 5.02 Å². The number of carbonyl (C=O) groups is 1. The van der Waals surface area contributed by atoms with Crippen LogP contribution < -0.4 is 11.1 Å². The highest BCUT2D eigenvalue weighted by molar-refractivity contribution is 14.1. The fraction of sp³-hybridized carbons (Fsp3) is 0. The Labute approximate surface area is 139 Å². The molecule has 6 heteroatoms. The van der Waals surface area contributed by atoms with Crippen molar-refractivity contribution in [2.75, 3.05) is 11.1 Å². The lowest BCUT2D eigenvalue weighted by Gasteiger charge is -2.07. The number of carbonyl (C=O) groups excluding carboxylic acids is 1. The number of hydrogen-bond acceptors (Lipinski definition) is 2. The Morgan fingerprint density at radius 3 is 2.81 bits per heavy atom. The number of nitrogen functional groups attached to an aromatic ring is 1. The molecule has 0 fully saturated rings. The van der Waals surface area contributed by atoms with E-state index < -0.39 is 0 Å². The molecule has 106 valence electrons. The normalized spacial score (nSPS) is 10.8. The molecule has 21 heavy (non-hydrogen) atoms. The summed E-state index contributed by atoms with van der Waals surface area (Å²) in [7, 11) is 0. The van der Waals surface area contributed by atoms with Gasteiger partial charge in [0.1, 0.15) is 0 Å². The van der Waals surface area contributed by atoms with Crippen LogP contribution in [-0.2, 0) is 0 Å². The molecule has 0 spiro atoms. The van der Waals surface area contributed by atoms with Gasteiger partial charge >= 0.3 is 0 Å². The number of rotatable bonds is 2. The van der Waals surface area contributed by atoms with Crippen LogP contribution in [0.25, 0.3) is 10.9 Å². The first-order chi connectivity index (χ1) is 10.0. The van der Waals surface area contributed by atoms with Crippen LogP contribution in [0.1, 0.15) is 10.4 Å². The number of amides is 1.